The number of amides is 3. The van der Waals surface area contributed by atoms with Gasteiger partial charge in [-0.25, -0.2) is 18.2 Å². The van der Waals surface area contributed by atoms with E-state index in [0.29, 0.717) is 23.8 Å². The van der Waals surface area contributed by atoms with Crippen LogP contribution in [-0.2, 0) is 14.8 Å². The van der Waals surface area contributed by atoms with Gasteiger partial charge in [0.15, 0.2) is 0 Å². The highest BCUT2D eigenvalue weighted by molar-refractivity contribution is 7.99. The lowest BCUT2D eigenvalue weighted by Gasteiger charge is -2.18. The van der Waals surface area contributed by atoms with Gasteiger partial charge in [0.25, 0.3) is 0 Å². The largest absolute Gasteiger partial charge is 0.325 e. The molecule has 2 rings (SSSR count). The van der Waals surface area contributed by atoms with Crippen LogP contribution in [0.5, 0.6) is 0 Å². The molecule has 0 atom stereocenters. The molecule has 0 aliphatic carbocycles. The molecule has 0 aliphatic rings. The number of imide groups is 1. The second-order valence-corrected chi connectivity index (χ2v) is 8.51. The molecule has 0 saturated carbocycles. The van der Waals surface area contributed by atoms with Gasteiger partial charge in [0.2, 0.25) is 15.9 Å². The van der Waals surface area contributed by atoms with Gasteiger partial charge in [0, 0.05) is 25.0 Å². The maximum atomic E-state index is 12.4. The van der Waals surface area contributed by atoms with Gasteiger partial charge in [-0.2, -0.15) is 4.31 Å². The van der Waals surface area contributed by atoms with Crippen LogP contribution in [0.3, 0.4) is 0 Å². The van der Waals surface area contributed by atoms with Crippen molar-refractivity contribution in [1.29, 1.82) is 0 Å². The van der Waals surface area contributed by atoms with Gasteiger partial charge in [-0.05, 0) is 24.3 Å². The molecule has 0 radical (unpaired) electrons. The van der Waals surface area contributed by atoms with E-state index in [4.69, 9.17) is 0 Å². The summed E-state index contributed by atoms with van der Waals surface area (Å²) in [6.07, 6.45) is 1.27. The van der Waals surface area contributed by atoms with Gasteiger partial charge in [-0.3, -0.25) is 10.1 Å². The molecular formula is C18H22N4O4S2. The highest BCUT2D eigenvalue weighted by atomic mass is 32.2. The third kappa shape index (κ3) is 6.04. The monoisotopic (exact) mass is 422 g/mol. The zero-order chi connectivity index (χ0) is 20.6. The molecule has 1 aromatic heterocycles. The Balaban J connectivity index is 1.87. The van der Waals surface area contributed by atoms with Crippen molar-refractivity contribution in [2.24, 2.45) is 0 Å². The Morgan fingerprint density at radius 1 is 1.07 bits per heavy atom. The Morgan fingerprint density at radius 3 is 2.32 bits per heavy atom. The predicted molar refractivity (Wildman–Crippen MR) is 109 cm³/mol. The number of pyridine rings is 1. The second-order valence-electron chi connectivity index (χ2n) is 5.58. The molecule has 3 amide bonds. The second kappa shape index (κ2) is 10.2. The molecule has 1 heterocycles. The minimum Gasteiger partial charge on any atom is -0.308 e. The van der Waals surface area contributed by atoms with Crippen LogP contribution in [0.15, 0.2) is 58.6 Å². The highest BCUT2D eigenvalue weighted by Crippen LogP contribution is 2.19. The first-order valence-corrected chi connectivity index (χ1v) is 11.0. The zero-order valence-electron chi connectivity index (χ0n) is 15.6. The lowest BCUT2D eigenvalue weighted by atomic mass is 10.3. The summed E-state index contributed by atoms with van der Waals surface area (Å²) in [4.78, 5) is 27.9. The van der Waals surface area contributed by atoms with E-state index >= 15 is 0 Å². The van der Waals surface area contributed by atoms with E-state index in [2.05, 4.69) is 15.6 Å². The average molecular weight is 423 g/mol. The fourth-order valence-electron chi connectivity index (χ4n) is 2.30. The fraction of sp³-hybridized carbons (Fsp3) is 0.278. The van der Waals surface area contributed by atoms with Gasteiger partial charge < -0.3 is 5.32 Å². The molecule has 28 heavy (non-hydrogen) atoms. The number of hydrogen-bond acceptors (Lipinski definition) is 6. The van der Waals surface area contributed by atoms with E-state index in [-0.39, 0.29) is 10.6 Å². The minimum atomic E-state index is -3.57. The lowest BCUT2D eigenvalue weighted by molar-refractivity contribution is -0.117. The Hall–Kier alpha value is -2.43. The number of sulfonamides is 1. The molecule has 2 N–H and O–H groups in total. The molecule has 2 aromatic rings. The summed E-state index contributed by atoms with van der Waals surface area (Å²) in [5.41, 5.74) is 0.576. The first-order chi connectivity index (χ1) is 13.4. The van der Waals surface area contributed by atoms with Crippen molar-refractivity contribution in [1.82, 2.24) is 14.6 Å². The van der Waals surface area contributed by atoms with E-state index in [1.807, 2.05) is 6.07 Å². The van der Waals surface area contributed by atoms with Crippen molar-refractivity contribution in [2.45, 2.75) is 23.8 Å². The molecule has 0 bridgehead atoms. The van der Waals surface area contributed by atoms with Gasteiger partial charge in [-0.15, -0.1) is 0 Å². The van der Waals surface area contributed by atoms with E-state index in [0.717, 1.165) is 11.8 Å². The number of hydrogen-bond donors (Lipinski definition) is 2. The van der Waals surface area contributed by atoms with E-state index in [9.17, 15) is 18.0 Å². The van der Waals surface area contributed by atoms with Crippen molar-refractivity contribution in [3.05, 3.63) is 48.7 Å². The van der Waals surface area contributed by atoms with Crippen LogP contribution in [0.4, 0.5) is 10.5 Å². The number of aromatic nitrogens is 1. The molecule has 150 valence electrons. The zero-order valence-corrected chi connectivity index (χ0v) is 17.2. The maximum absolute atomic E-state index is 12.4. The van der Waals surface area contributed by atoms with Gasteiger partial charge >= 0.3 is 6.03 Å². The fourth-order valence-corrected chi connectivity index (χ4v) is 4.35. The number of anilines is 1. The van der Waals surface area contributed by atoms with Crippen LogP contribution < -0.4 is 10.6 Å². The number of thioether (sulfide) groups is 1. The SMILES string of the molecule is CCN(CC)S(=O)(=O)c1ccc(SCC(=O)NC(=O)Nc2ccccc2)nc1. The molecule has 0 spiro atoms. The molecule has 0 fully saturated rings. The highest BCUT2D eigenvalue weighted by Gasteiger charge is 2.21. The molecule has 0 aliphatic heterocycles. The number of para-hydroxylation sites is 1. The summed E-state index contributed by atoms with van der Waals surface area (Å²) in [5.74, 6) is -0.516. The predicted octanol–water partition coefficient (Wildman–Crippen LogP) is 2.55. The average Bonchev–Trinajstić information content (AvgIpc) is 2.68. The number of urea groups is 1. The first-order valence-electron chi connectivity index (χ1n) is 8.61. The molecule has 0 unspecified atom stereocenters. The maximum Gasteiger partial charge on any atom is 0.325 e. The van der Waals surface area contributed by atoms with Crippen molar-refractivity contribution < 1.29 is 18.0 Å². The van der Waals surface area contributed by atoms with E-state index in [1.54, 1.807) is 44.2 Å². The Morgan fingerprint density at radius 2 is 1.75 bits per heavy atom. The van der Waals surface area contributed by atoms with Gasteiger partial charge in [0.05, 0.1) is 10.8 Å². The molecule has 8 nitrogen and oxygen atoms in total. The summed E-state index contributed by atoms with van der Waals surface area (Å²) in [7, 11) is -3.57. The summed E-state index contributed by atoms with van der Waals surface area (Å²) in [5, 5.41) is 5.26. The van der Waals surface area contributed by atoms with E-state index in [1.165, 1.54) is 16.6 Å². The number of benzene rings is 1. The Kier molecular flexibility index (Phi) is 7.97. The smallest absolute Gasteiger partial charge is 0.308 e. The summed E-state index contributed by atoms with van der Waals surface area (Å²) in [6, 6.07) is 11.1. The van der Waals surface area contributed by atoms with Gasteiger partial charge in [0.1, 0.15) is 4.90 Å². The van der Waals surface area contributed by atoms with Crippen LogP contribution >= 0.6 is 11.8 Å². The van der Waals surface area contributed by atoms with Crippen LogP contribution in [0.2, 0.25) is 0 Å². The quantitative estimate of drug-likeness (QED) is 0.633. The summed E-state index contributed by atoms with van der Waals surface area (Å²) < 4.78 is 26.2. The normalized spacial score (nSPS) is 11.2. The molecule has 1 aromatic carbocycles. The third-order valence-corrected chi connectivity index (χ3v) is 6.67. The third-order valence-electron chi connectivity index (χ3n) is 3.69. The van der Waals surface area contributed by atoms with Crippen LogP contribution in [0.25, 0.3) is 0 Å². The lowest BCUT2D eigenvalue weighted by Crippen LogP contribution is -2.35. The van der Waals surface area contributed by atoms with Crippen molar-refractivity contribution in [3.8, 4) is 0 Å². The Labute approximate surface area is 168 Å². The number of carbonyl (C=O) groups excluding carboxylic acids is 2. The first kappa shape index (κ1) is 21.9. The summed E-state index contributed by atoms with van der Waals surface area (Å²) in [6.45, 7) is 4.29. The minimum absolute atomic E-state index is 0.0304. The number of rotatable bonds is 8. The van der Waals surface area contributed by atoms with Crippen LogP contribution in [0, 0.1) is 0 Å². The van der Waals surface area contributed by atoms with Crippen LogP contribution in [0.1, 0.15) is 13.8 Å². The molecular weight excluding hydrogens is 400 g/mol. The Bertz CT molecular complexity index is 899. The number of nitrogens with zero attached hydrogens (tertiary/aromatic N) is 2. The number of carbonyl (C=O) groups is 2. The molecule has 10 heteroatoms. The van der Waals surface area contributed by atoms with E-state index < -0.39 is 22.0 Å². The van der Waals surface area contributed by atoms with Gasteiger partial charge in [-0.1, -0.05) is 43.8 Å². The number of nitrogens with one attached hydrogen (secondary N) is 2. The summed E-state index contributed by atoms with van der Waals surface area (Å²) >= 11 is 1.10. The van der Waals surface area contributed by atoms with Crippen molar-refractivity contribution >= 4 is 39.4 Å². The standard InChI is InChI=1S/C18H22N4O4S2/c1-3-22(4-2)28(25,26)15-10-11-17(19-12-15)27-13-16(23)21-18(24)20-14-8-6-5-7-9-14/h5-12H,3-4,13H2,1-2H3,(H2,20,21,23,24). The van der Waals surface area contributed by atoms with Crippen molar-refractivity contribution in [2.75, 3.05) is 24.2 Å². The topological polar surface area (TPSA) is 108 Å². The molecule has 0 saturated heterocycles. The van der Waals surface area contributed by atoms with Crippen LogP contribution in [-0.4, -0.2) is 48.5 Å². The van der Waals surface area contributed by atoms with Crippen molar-refractivity contribution in [3.63, 3.8) is 0 Å².